The van der Waals surface area contributed by atoms with E-state index in [1.165, 1.54) is 18.2 Å². The highest BCUT2D eigenvalue weighted by atomic mass is 35.5. The number of halogens is 1. The summed E-state index contributed by atoms with van der Waals surface area (Å²) in [5.74, 6) is -0.340. The van der Waals surface area contributed by atoms with Crippen molar-refractivity contribution in [3.63, 3.8) is 0 Å². The monoisotopic (exact) mass is 271 g/mol. The van der Waals surface area contributed by atoms with Crippen LogP contribution in [0.2, 0.25) is 5.02 Å². The third-order valence-electron chi connectivity index (χ3n) is 2.53. The van der Waals surface area contributed by atoms with E-state index in [1.807, 2.05) is 0 Å². The van der Waals surface area contributed by atoms with Gasteiger partial charge < -0.3 is 11.1 Å². The van der Waals surface area contributed by atoms with Crippen molar-refractivity contribution in [2.75, 3.05) is 11.9 Å². The average molecular weight is 272 g/mol. The number of rotatable bonds is 4. The van der Waals surface area contributed by atoms with E-state index in [2.05, 4.69) is 5.32 Å². The molecule has 0 saturated heterocycles. The zero-order chi connectivity index (χ0) is 13.9. The molecule has 18 heavy (non-hydrogen) atoms. The molecule has 0 aliphatic carbocycles. The van der Waals surface area contributed by atoms with Gasteiger partial charge in [-0.25, -0.2) is 0 Å². The number of nitro groups is 1. The van der Waals surface area contributed by atoms with Gasteiger partial charge in [0.15, 0.2) is 0 Å². The van der Waals surface area contributed by atoms with Crippen LogP contribution in [-0.2, 0) is 4.79 Å². The van der Waals surface area contributed by atoms with Crippen molar-refractivity contribution in [1.29, 1.82) is 0 Å². The van der Waals surface area contributed by atoms with Gasteiger partial charge in [-0.15, -0.1) is 0 Å². The first-order valence-electron chi connectivity index (χ1n) is 5.23. The number of nitrogens with two attached hydrogens (primary N) is 1. The van der Waals surface area contributed by atoms with Crippen molar-refractivity contribution in [2.24, 2.45) is 11.1 Å². The van der Waals surface area contributed by atoms with Gasteiger partial charge in [0, 0.05) is 18.7 Å². The van der Waals surface area contributed by atoms with Gasteiger partial charge >= 0.3 is 0 Å². The summed E-state index contributed by atoms with van der Waals surface area (Å²) in [5.41, 5.74) is 4.77. The summed E-state index contributed by atoms with van der Waals surface area (Å²) >= 11 is 5.87. The van der Waals surface area contributed by atoms with E-state index in [9.17, 15) is 14.9 Å². The van der Waals surface area contributed by atoms with Gasteiger partial charge in [0.25, 0.3) is 5.69 Å². The lowest BCUT2D eigenvalue weighted by Gasteiger charge is -2.21. The molecule has 0 aromatic heterocycles. The number of carbonyl (C=O) groups excluding carboxylic acids is 1. The molecule has 0 unspecified atom stereocenters. The molecule has 0 spiro atoms. The predicted molar refractivity (Wildman–Crippen MR) is 69.6 cm³/mol. The van der Waals surface area contributed by atoms with Crippen LogP contribution in [-0.4, -0.2) is 17.4 Å². The number of hydrogen-bond acceptors (Lipinski definition) is 4. The van der Waals surface area contributed by atoms with E-state index in [4.69, 9.17) is 17.3 Å². The van der Waals surface area contributed by atoms with E-state index in [-0.39, 0.29) is 28.8 Å². The third-order valence-corrected chi connectivity index (χ3v) is 2.86. The van der Waals surface area contributed by atoms with E-state index >= 15 is 0 Å². The lowest BCUT2D eigenvalue weighted by Crippen LogP contribution is -2.37. The van der Waals surface area contributed by atoms with Crippen molar-refractivity contribution < 1.29 is 9.72 Å². The lowest BCUT2D eigenvalue weighted by atomic mass is 9.92. The van der Waals surface area contributed by atoms with Crippen LogP contribution in [0.5, 0.6) is 0 Å². The number of nitrogens with one attached hydrogen (secondary N) is 1. The first-order chi connectivity index (χ1) is 8.27. The molecule has 0 aliphatic rings. The number of amides is 1. The summed E-state index contributed by atoms with van der Waals surface area (Å²) in [6.45, 7) is 3.51. The van der Waals surface area contributed by atoms with Crippen LogP contribution >= 0.6 is 11.6 Å². The molecule has 0 aliphatic heterocycles. The summed E-state index contributed by atoms with van der Waals surface area (Å²) < 4.78 is 0. The molecule has 0 heterocycles. The Morgan fingerprint density at radius 1 is 1.56 bits per heavy atom. The summed E-state index contributed by atoms with van der Waals surface area (Å²) in [6, 6.07) is 3.85. The number of nitro benzene ring substituents is 1. The Balaban J connectivity index is 3.01. The van der Waals surface area contributed by atoms with E-state index in [0.717, 1.165) is 0 Å². The molecule has 98 valence electrons. The molecule has 0 fully saturated rings. The van der Waals surface area contributed by atoms with E-state index in [0.29, 0.717) is 0 Å². The van der Waals surface area contributed by atoms with Gasteiger partial charge in [0.05, 0.1) is 21.0 Å². The summed E-state index contributed by atoms with van der Waals surface area (Å²) in [4.78, 5) is 22.0. The van der Waals surface area contributed by atoms with Crippen LogP contribution in [0.25, 0.3) is 0 Å². The molecule has 0 bridgehead atoms. The summed E-state index contributed by atoms with van der Waals surface area (Å²) in [7, 11) is 0. The first-order valence-corrected chi connectivity index (χ1v) is 5.61. The Morgan fingerprint density at radius 3 is 2.67 bits per heavy atom. The second kappa shape index (κ2) is 5.32. The van der Waals surface area contributed by atoms with Crippen LogP contribution in [0.15, 0.2) is 18.2 Å². The molecule has 0 atom stereocenters. The van der Waals surface area contributed by atoms with E-state index in [1.54, 1.807) is 13.8 Å². The fourth-order valence-corrected chi connectivity index (χ4v) is 1.27. The fourth-order valence-electron chi connectivity index (χ4n) is 1.11. The Kier molecular flexibility index (Phi) is 4.26. The molecular weight excluding hydrogens is 258 g/mol. The minimum Gasteiger partial charge on any atom is -0.329 e. The molecule has 1 aromatic rings. The highest BCUT2D eigenvalue weighted by Gasteiger charge is 2.26. The average Bonchev–Trinajstić information content (AvgIpc) is 2.31. The minimum atomic E-state index is -0.770. The molecule has 3 N–H and O–H groups in total. The SMILES string of the molecule is CC(C)(CN)C(=O)Nc1cc([N+](=O)[O-])ccc1Cl. The molecule has 1 aromatic carbocycles. The number of hydrogen-bond donors (Lipinski definition) is 2. The summed E-state index contributed by atoms with van der Waals surface area (Å²) in [5, 5.41) is 13.4. The molecule has 7 heteroatoms. The molecule has 1 amide bonds. The molecule has 0 radical (unpaired) electrons. The quantitative estimate of drug-likeness (QED) is 0.647. The Morgan fingerprint density at radius 2 is 2.17 bits per heavy atom. The standard InChI is InChI=1S/C11H14ClN3O3/c1-11(2,6-13)10(16)14-9-5-7(15(17)18)3-4-8(9)12/h3-5H,6,13H2,1-2H3,(H,14,16). The van der Waals surface area contributed by atoms with Gasteiger partial charge in [-0.3, -0.25) is 14.9 Å². The molecule has 1 rings (SSSR count). The predicted octanol–water partition coefficient (Wildman–Crippen LogP) is 2.17. The molecule has 6 nitrogen and oxygen atoms in total. The maximum Gasteiger partial charge on any atom is 0.271 e. The lowest BCUT2D eigenvalue weighted by molar-refractivity contribution is -0.384. The Hall–Kier alpha value is -1.66. The van der Waals surface area contributed by atoms with Crippen LogP contribution in [0.1, 0.15) is 13.8 Å². The normalized spacial score (nSPS) is 11.1. The van der Waals surface area contributed by atoms with Gasteiger partial charge in [0.1, 0.15) is 0 Å². The highest BCUT2D eigenvalue weighted by molar-refractivity contribution is 6.33. The Bertz CT molecular complexity index is 488. The van der Waals surface area contributed by atoms with Crippen molar-refractivity contribution in [3.8, 4) is 0 Å². The minimum absolute atomic E-state index is 0.139. The fraction of sp³-hybridized carbons (Fsp3) is 0.364. The van der Waals surface area contributed by atoms with Gasteiger partial charge in [-0.05, 0) is 19.9 Å². The van der Waals surface area contributed by atoms with Crippen molar-refractivity contribution in [2.45, 2.75) is 13.8 Å². The van der Waals surface area contributed by atoms with Crippen molar-refractivity contribution >= 4 is 28.9 Å². The van der Waals surface area contributed by atoms with Gasteiger partial charge in [-0.1, -0.05) is 11.6 Å². The van der Waals surface area contributed by atoms with Crippen LogP contribution in [0, 0.1) is 15.5 Å². The highest BCUT2D eigenvalue weighted by Crippen LogP contribution is 2.28. The first kappa shape index (κ1) is 14.4. The van der Waals surface area contributed by atoms with Crippen LogP contribution in [0.4, 0.5) is 11.4 Å². The van der Waals surface area contributed by atoms with Crippen molar-refractivity contribution in [3.05, 3.63) is 33.3 Å². The molecular formula is C11H14ClN3O3. The number of benzene rings is 1. The second-order valence-electron chi connectivity index (χ2n) is 4.46. The second-order valence-corrected chi connectivity index (χ2v) is 4.87. The van der Waals surface area contributed by atoms with Crippen molar-refractivity contribution in [1.82, 2.24) is 0 Å². The maximum absolute atomic E-state index is 11.9. The van der Waals surface area contributed by atoms with Gasteiger partial charge in [0.2, 0.25) is 5.91 Å². The topological polar surface area (TPSA) is 98.3 Å². The number of non-ortho nitro benzene ring substituents is 1. The third kappa shape index (κ3) is 3.18. The van der Waals surface area contributed by atoms with Crippen LogP contribution < -0.4 is 11.1 Å². The van der Waals surface area contributed by atoms with Crippen LogP contribution in [0.3, 0.4) is 0 Å². The summed E-state index contributed by atoms with van der Waals surface area (Å²) in [6.07, 6.45) is 0. The molecule has 0 saturated carbocycles. The zero-order valence-corrected chi connectivity index (χ0v) is 10.8. The van der Waals surface area contributed by atoms with E-state index < -0.39 is 10.3 Å². The zero-order valence-electron chi connectivity index (χ0n) is 10.1. The maximum atomic E-state index is 11.9. The smallest absolute Gasteiger partial charge is 0.271 e. The van der Waals surface area contributed by atoms with Gasteiger partial charge in [-0.2, -0.15) is 0 Å². The number of nitrogens with zero attached hydrogens (tertiary/aromatic N) is 1. The number of anilines is 1. The largest absolute Gasteiger partial charge is 0.329 e. The number of carbonyl (C=O) groups is 1. The Labute approximate surface area is 109 Å².